The van der Waals surface area contributed by atoms with Crippen molar-refractivity contribution in [1.29, 1.82) is 5.41 Å². The molecule has 0 aliphatic rings. The van der Waals surface area contributed by atoms with Crippen molar-refractivity contribution < 1.29 is 0 Å². The predicted molar refractivity (Wildman–Crippen MR) is 52.8 cm³/mol. The topological polar surface area (TPSA) is 62.8 Å². The Hall–Kier alpha value is -1.90. The summed E-state index contributed by atoms with van der Waals surface area (Å²) in [6, 6.07) is 7.53. The molecule has 3 nitrogen and oxygen atoms in total. The molecular formula is C10H9N3. The molecule has 0 atom stereocenters. The summed E-state index contributed by atoms with van der Waals surface area (Å²) in [5.74, 6) is 0.0960. The van der Waals surface area contributed by atoms with Crippen LogP contribution >= 0.6 is 0 Å². The first-order valence-electron chi connectivity index (χ1n) is 3.95. The van der Waals surface area contributed by atoms with Crippen molar-refractivity contribution in [2.45, 2.75) is 0 Å². The number of hydrogen-bond acceptors (Lipinski definition) is 2. The van der Waals surface area contributed by atoms with E-state index < -0.39 is 0 Å². The van der Waals surface area contributed by atoms with Crippen LogP contribution in [-0.2, 0) is 0 Å². The van der Waals surface area contributed by atoms with Crippen molar-refractivity contribution in [3.63, 3.8) is 0 Å². The third kappa shape index (κ3) is 1.36. The number of nitrogens with zero attached hydrogens (tertiary/aromatic N) is 1. The highest BCUT2D eigenvalue weighted by atomic mass is 14.7. The second-order valence-electron chi connectivity index (χ2n) is 2.85. The van der Waals surface area contributed by atoms with Crippen LogP contribution in [0.1, 0.15) is 5.56 Å². The summed E-state index contributed by atoms with van der Waals surface area (Å²) in [6.45, 7) is 0. The third-order valence-electron chi connectivity index (χ3n) is 1.95. The minimum absolute atomic E-state index is 0.0960. The number of nitrogens with two attached hydrogens (primary N) is 1. The van der Waals surface area contributed by atoms with Crippen LogP contribution in [0, 0.1) is 5.41 Å². The van der Waals surface area contributed by atoms with E-state index in [9.17, 15) is 0 Å². The maximum Gasteiger partial charge on any atom is 0.122 e. The average Bonchev–Trinajstić information content (AvgIpc) is 2.17. The summed E-state index contributed by atoms with van der Waals surface area (Å²) in [6.07, 6.45) is 3.52. The molecule has 0 aliphatic heterocycles. The van der Waals surface area contributed by atoms with Gasteiger partial charge in [0, 0.05) is 23.3 Å². The summed E-state index contributed by atoms with van der Waals surface area (Å²) >= 11 is 0. The molecule has 64 valence electrons. The van der Waals surface area contributed by atoms with E-state index in [2.05, 4.69) is 4.98 Å². The zero-order valence-corrected chi connectivity index (χ0v) is 6.99. The summed E-state index contributed by atoms with van der Waals surface area (Å²) in [4.78, 5) is 4.00. The third-order valence-corrected chi connectivity index (χ3v) is 1.95. The predicted octanol–water partition coefficient (Wildman–Crippen LogP) is 1.52. The number of rotatable bonds is 1. The fraction of sp³-hybridized carbons (Fsp3) is 0. The minimum atomic E-state index is 0.0960. The molecule has 0 spiro atoms. The van der Waals surface area contributed by atoms with Crippen molar-refractivity contribution in [1.82, 2.24) is 4.98 Å². The van der Waals surface area contributed by atoms with Gasteiger partial charge in [-0.25, -0.2) is 0 Å². The fourth-order valence-corrected chi connectivity index (χ4v) is 1.25. The van der Waals surface area contributed by atoms with Crippen molar-refractivity contribution in [3.8, 4) is 0 Å². The van der Waals surface area contributed by atoms with E-state index in [4.69, 9.17) is 11.1 Å². The van der Waals surface area contributed by atoms with Crippen molar-refractivity contribution in [2.75, 3.05) is 0 Å². The molecule has 0 bridgehead atoms. The van der Waals surface area contributed by atoms with Gasteiger partial charge in [0.1, 0.15) is 5.84 Å². The molecule has 0 unspecified atom stereocenters. The monoisotopic (exact) mass is 171 g/mol. The molecule has 0 amide bonds. The lowest BCUT2D eigenvalue weighted by Gasteiger charge is -2.00. The number of nitrogen functional groups attached to an aromatic ring is 1. The number of fused-ring (bicyclic) bond motifs is 1. The molecule has 0 saturated carbocycles. The zero-order chi connectivity index (χ0) is 9.26. The van der Waals surface area contributed by atoms with Gasteiger partial charge in [-0.3, -0.25) is 10.4 Å². The van der Waals surface area contributed by atoms with E-state index in [1.807, 2.05) is 24.3 Å². The van der Waals surface area contributed by atoms with Gasteiger partial charge in [-0.15, -0.1) is 0 Å². The second kappa shape index (κ2) is 2.86. The van der Waals surface area contributed by atoms with Crippen LogP contribution in [0.3, 0.4) is 0 Å². The van der Waals surface area contributed by atoms with Crippen LogP contribution in [0.25, 0.3) is 10.8 Å². The van der Waals surface area contributed by atoms with Gasteiger partial charge in [0.05, 0.1) is 0 Å². The second-order valence-corrected chi connectivity index (χ2v) is 2.85. The number of pyridine rings is 1. The Morgan fingerprint density at radius 2 is 2.08 bits per heavy atom. The van der Waals surface area contributed by atoms with Gasteiger partial charge < -0.3 is 5.73 Å². The fourth-order valence-electron chi connectivity index (χ4n) is 1.25. The lowest BCUT2D eigenvalue weighted by atomic mass is 10.1. The first-order chi connectivity index (χ1) is 6.27. The van der Waals surface area contributed by atoms with Crippen LogP contribution in [-0.4, -0.2) is 10.8 Å². The van der Waals surface area contributed by atoms with Crippen molar-refractivity contribution in [3.05, 3.63) is 42.2 Å². The summed E-state index contributed by atoms with van der Waals surface area (Å²) < 4.78 is 0. The molecule has 3 N–H and O–H groups in total. The van der Waals surface area contributed by atoms with Crippen LogP contribution in [0.15, 0.2) is 36.7 Å². The summed E-state index contributed by atoms with van der Waals surface area (Å²) in [5, 5.41) is 9.39. The van der Waals surface area contributed by atoms with Gasteiger partial charge in [-0.2, -0.15) is 0 Å². The molecule has 13 heavy (non-hydrogen) atoms. The molecule has 2 rings (SSSR count). The van der Waals surface area contributed by atoms with E-state index in [1.165, 1.54) is 0 Å². The number of aromatic nitrogens is 1. The van der Waals surface area contributed by atoms with Crippen molar-refractivity contribution in [2.24, 2.45) is 5.73 Å². The Bertz CT molecular complexity index is 462. The highest BCUT2D eigenvalue weighted by Crippen LogP contribution is 2.13. The van der Waals surface area contributed by atoms with E-state index in [0.29, 0.717) is 0 Å². The van der Waals surface area contributed by atoms with Crippen molar-refractivity contribution >= 4 is 16.6 Å². The Morgan fingerprint density at radius 1 is 1.23 bits per heavy atom. The van der Waals surface area contributed by atoms with Gasteiger partial charge in [-0.1, -0.05) is 12.1 Å². The molecule has 1 aromatic heterocycles. The number of amidine groups is 1. The maximum atomic E-state index is 7.27. The van der Waals surface area contributed by atoms with E-state index in [1.54, 1.807) is 12.4 Å². The molecule has 0 radical (unpaired) electrons. The Morgan fingerprint density at radius 3 is 2.85 bits per heavy atom. The van der Waals surface area contributed by atoms with Gasteiger partial charge in [-0.05, 0) is 17.5 Å². The molecular weight excluding hydrogens is 162 g/mol. The minimum Gasteiger partial charge on any atom is -0.384 e. The van der Waals surface area contributed by atoms with Crippen LogP contribution < -0.4 is 5.73 Å². The molecule has 0 fully saturated rings. The van der Waals surface area contributed by atoms with Gasteiger partial charge in [0.15, 0.2) is 0 Å². The highest BCUT2D eigenvalue weighted by molar-refractivity contribution is 5.98. The standard InChI is InChI=1S/C10H9N3/c11-10(12)8-1-2-9-6-13-4-3-7(9)5-8/h1-6H,(H3,11,12). The smallest absolute Gasteiger partial charge is 0.122 e. The largest absolute Gasteiger partial charge is 0.384 e. The lowest BCUT2D eigenvalue weighted by Crippen LogP contribution is -2.10. The molecule has 1 aromatic carbocycles. The number of benzene rings is 1. The Kier molecular flexibility index (Phi) is 1.70. The van der Waals surface area contributed by atoms with Crippen LogP contribution in [0.5, 0.6) is 0 Å². The molecule has 2 aromatic rings. The van der Waals surface area contributed by atoms with E-state index in [0.717, 1.165) is 16.3 Å². The Balaban J connectivity index is 2.69. The number of hydrogen-bond donors (Lipinski definition) is 2. The Labute approximate surface area is 75.7 Å². The molecule has 0 saturated heterocycles. The van der Waals surface area contributed by atoms with Gasteiger partial charge in [0.25, 0.3) is 0 Å². The SMILES string of the molecule is N=C(N)c1ccc2cnccc2c1. The first-order valence-corrected chi connectivity index (χ1v) is 3.95. The average molecular weight is 171 g/mol. The molecule has 1 heterocycles. The van der Waals surface area contributed by atoms with E-state index in [-0.39, 0.29) is 5.84 Å². The highest BCUT2D eigenvalue weighted by Gasteiger charge is 1.97. The van der Waals surface area contributed by atoms with Crippen LogP contribution in [0.2, 0.25) is 0 Å². The number of nitrogens with one attached hydrogen (secondary N) is 1. The van der Waals surface area contributed by atoms with E-state index >= 15 is 0 Å². The summed E-state index contributed by atoms with van der Waals surface area (Å²) in [7, 11) is 0. The van der Waals surface area contributed by atoms with Gasteiger partial charge in [0.2, 0.25) is 0 Å². The lowest BCUT2D eigenvalue weighted by molar-refractivity contribution is 1.36. The summed E-state index contributed by atoms with van der Waals surface area (Å²) in [5.41, 5.74) is 6.12. The van der Waals surface area contributed by atoms with Gasteiger partial charge >= 0.3 is 0 Å². The first kappa shape index (κ1) is 7.73. The molecule has 3 heteroatoms. The van der Waals surface area contributed by atoms with Crippen LogP contribution in [0.4, 0.5) is 0 Å². The normalized spacial score (nSPS) is 10.2. The molecule has 0 aliphatic carbocycles. The maximum absolute atomic E-state index is 7.27. The quantitative estimate of drug-likeness (QED) is 0.504. The zero-order valence-electron chi connectivity index (χ0n) is 6.99.